The molecule has 0 bridgehead atoms. The van der Waals surface area contributed by atoms with E-state index < -0.39 is 11.4 Å². The SMILES string of the molecule is CCNC(=NCc1ccc(O)c(F)c1)NCC(C)(O)c1ccco1.I. The fourth-order valence-corrected chi connectivity index (χ4v) is 2.09. The van der Waals surface area contributed by atoms with E-state index >= 15 is 0 Å². The number of phenolic OH excluding ortho intramolecular Hbond substituents is 1. The Morgan fingerprint density at radius 1 is 1.32 bits per heavy atom. The number of phenols is 1. The summed E-state index contributed by atoms with van der Waals surface area (Å²) in [6.45, 7) is 4.62. The minimum Gasteiger partial charge on any atom is -0.505 e. The summed E-state index contributed by atoms with van der Waals surface area (Å²) in [5, 5.41) is 25.7. The second kappa shape index (κ2) is 9.62. The van der Waals surface area contributed by atoms with Gasteiger partial charge >= 0.3 is 0 Å². The smallest absolute Gasteiger partial charge is 0.191 e. The highest BCUT2D eigenvalue weighted by Crippen LogP contribution is 2.20. The van der Waals surface area contributed by atoms with Crippen LogP contribution in [-0.4, -0.2) is 29.3 Å². The van der Waals surface area contributed by atoms with Gasteiger partial charge in [-0.2, -0.15) is 0 Å². The zero-order chi connectivity index (χ0) is 17.6. The molecule has 138 valence electrons. The number of halogens is 2. The van der Waals surface area contributed by atoms with E-state index in [2.05, 4.69) is 15.6 Å². The molecule has 6 nitrogen and oxygen atoms in total. The van der Waals surface area contributed by atoms with E-state index in [1.807, 2.05) is 6.92 Å². The Morgan fingerprint density at radius 2 is 2.08 bits per heavy atom. The van der Waals surface area contributed by atoms with Crippen LogP contribution in [0.1, 0.15) is 25.2 Å². The standard InChI is InChI=1S/C17H22FN3O3.HI/c1-3-19-16(20-10-12-6-7-14(22)13(18)9-12)21-11-17(2,23)15-5-4-8-24-15;/h4-9,22-23H,3,10-11H2,1-2H3,(H2,19,20,21);1H. The van der Waals surface area contributed by atoms with Crippen molar-refractivity contribution in [2.24, 2.45) is 4.99 Å². The number of aliphatic hydroxyl groups is 1. The number of hydrogen-bond acceptors (Lipinski definition) is 4. The average Bonchev–Trinajstić information content (AvgIpc) is 3.09. The van der Waals surface area contributed by atoms with Crippen molar-refractivity contribution in [3.8, 4) is 5.75 Å². The number of aliphatic imine (C=N–C) groups is 1. The van der Waals surface area contributed by atoms with Crippen LogP contribution in [0.15, 0.2) is 46.0 Å². The van der Waals surface area contributed by atoms with Gasteiger partial charge in [0.25, 0.3) is 0 Å². The molecule has 0 radical (unpaired) electrons. The summed E-state index contributed by atoms with van der Waals surface area (Å²) in [5.41, 5.74) is -0.565. The van der Waals surface area contributed by atoms with Gasteiger partial charge in [-0.05, 0) is 43.7 Å². The molecule has 25 heavy (non-hydrogen) atoms. The summed E-state index contributed by atoms with van der Waals surface area (Å²) in [5.74, 6) is -0.132. The summed E-state index contributed by atoms with van der Waals surface area (Å²) < 4.78 is 18.6. The van der Waals surface area contributed by atoms with Gasteiger partial charge < -0.3 is 25.3 Å². The lowest BCUT2D eigenvalue weighted by atomic mass is 10.0. The minimum absolute atomic E-state index is 0. The molecule has 0 fully saturated rings. The number of aromatic hydroxyl groups is 1. The largest absolute Gasteiger partial charge is 0.505 e. The third-order valence-electron chi connectivity index (χ3n) is 3.43. The van der Waals surface area contributed by atoms with E-state index in [9.17, 15) is 14.6 Å². The van der Waals surface area contributed by atoms with Gasteiger partial charge in [0.2, 0.25) is 0 Å². The molecule has 0 saturated heterocycles. The van der Waals surface area contributed by atoms with Crippen LogP contribution in [0.4, 0.5) is 4.39 Å². The van der Waals surface area contributed by atoms with Crippen LogP contribution in [0, 0.1) is 5.82 Å². The Morgan fingerprint density at radius 3 is 2.68 bits per heavy atom. The average molecular weight is 463 g/mol. The first-order chi connectivity index (χ1) is 11.4. The van der Waals surface area contributed by atoms with Crippen molar-refractivity contribution < 1.29 is 19.0 Å². The topological polar surface area (TPSA) is 90.0 Å². The summed E-state index contributed by atoms with van der Waals surface area (Å²) >= 11 is 0. The van der Waals surface area contributed by atoms with Gasteiger partial charge in [0.1, 0.15) is 11.4 Å². The lowest BCUT2D eigenvalue weighted by Crippen LogP contribution is -2.44. The summed E-state index contributed by atoms with van der Waals surface area (Å²) in [6, 6.07) is 7.54. The molecule has 1 unspecified atom stereocenters. The highest BCUT2D eigenvalue weighted by molar-refractivity contribution is 14.0. The van der Waals surface area contributed by atoms with Gasteiger partial charge in [-0.25, -0.2) is 9.38 Å². The Hall–Kier alpha value is -1.81. The van der Waals surface area contributed by atoms with Gasteiger partial charge in [-0.3, -0.25) is 0 Å². The van der Waals surface area contributed by atoms with Crippen molar-refractivity contribution in [3.63, 3.8) is 0 Å². The highest BCUT2D eigenvalue weighted by Gasteiger charge is 2.26. The Bertz CT molecular complexity index is 690. The van der Waals surface area contributed by atoms with Gasteiger partial charge in [0.15, 0.2) is 17.5 Å². The van der Waals surface area contributed by atoms with E-state index in [1.165, 1.54) is 18.4 Å². The van der Waals surface area contributed by atoms with Crippen LogP contribution in [-0.2, 0) is 12.1 Å². The third-order valence-corrected chi connectivity index (χ3v) is 3.43. The molecule has 0 amide bonds. The molecule has 2 rings (SSSR count). The zero-order valence-electron chi connectivity index (χ0n) is 14.1. The number of rotatable bonds is 6. The first-order valence-electron chi connectivity index (χ1n) is 7.68. The van der Waals surface area contributed by atoms with Gasteiger partial charge in [-0.1, -0.05) is 6.07 Å². The van der Waals surface area contributed by atoms with Crippen LogP contribution >= 0.6 is 24.0 Å². The predicted octanol–water partition coefficient (Wildman–Crippen LogP) is 2.71. The van der Waals surface area contributed by atoms with Crippen LogP contribution in [0.5, 0.6) is 5.75 Å². The first kappa shape index (κ1) is 21.2. The van der Waals surface area contributed by atoms with Gasteiger partial charge in [0.05, 0.1) is 19.4 Å². The Balaban J connectivity index is 0.00000312. The molecule has 1 aromatic heterocycles. The van der Waals surface area contributed by atoms with Crippen molar-refractivity contribution in [3.05, 3.63) is 53.7 Å². The van der Waals surface area contributed by atoms with E-state index in [0.29, 0.717) is 23.8 Å². The number of nitrogens with one attached hydrogen (secondary N) is 2. The second-order valence-electron chi connectivity index (χ2n) is 5.59. The maximum absolute atomic E-state index is 13.3. The quantitative estimate of drug-likeness (QED) is 0.301. The monoisotopic (exact) mass is 463 g/mol. The Kier molecular flexibility index (Phi) is 8.17. The zero-order valence-corrected chi connectivity index (χ0v) is 16.5. The molecule has 0 aliphatic carbocycles. The molecule has 8 heteroatoms. The summed E-state index contributed by atoms with van der Waals surface area (Å²) in [7, 11) is 0. The third kappa shape index (κ3) is 6.20. The molecule has 1 atom stereocenters. The van der Waals surface area contributed by atoms with Crippen molar-refractivity contribution >= 4 is 29.9 Å². The second-order valence-corrected chi connectivity index (χ2v) is 5.59. The lowest BCUT2D eigenvalue weighted by molar-refractivity contribution is 0.0386. The fraction of sp³-hybridized carbons (Fsp3) is 0.353. The number of hydrogen-bond donors (Lipinski definition) is 4. The molecule has 0 saturated carbocycles. The molecule has 0 aliphatic heterocycles. The fourth-order valence-electron chi connectivity index (χ4n) is 2.09. The molecule has 2 aromatic rings. The molecule has 0 aliphatic rings. The van der Waals surface area contributed by atoms with Crippen LogP contribution < -0.4 is 10.6 Å². The normalized spacial score (nSPS) is 13.7. The number of guanidine groups is 1. The van der Waals surface area contributed by atoms with Gasteiger partial charge in [0, 0.05) is 6.54 Å². The number of furan rings is 1. The predicted molar refractivity (Wildman–Crippen MR) is 105 cm³/mol. The maximum Gasteiger partial charge on any atom is 0.191 e. The number of nitrogens with zero attached hydrogens (tertiary/aromatic N) is 1. The molecule has 1 heterocycles. The van der Waals surface area contributed by atoms with Gasteiger partial charge in [-0.15, -0.1) is 24.0 Å². The minimum atomic E-state index is -1.19. The van der Waals surface area contributed by atoms with E-state index in [1.54, 1.807) is 25.1 Å². The maximum atomic E-state index is 13.3. The van der Waals surface area contributed by atoms with E-state index in [4.69, 9.17) is 4.42 Å². The summed E-state index contributed by atoms with van der Waals surface area (Å²) in [6.07, 6.45) is 1.50. The first-order valence-corrected chi connectivity index (χ1v) is 7.68. The summed E-state index contributed by atoms with van der Waals surface area (Å²) in [4.78, 5) is 4.34. The number of benzene rings is 1. The molecule has 4 N–H and O–H groups in total. The Labute approximate surface area is 163 Å². The van der Waals surface area contributed by atoms with Crippen LogP contribution in [0.3, 0.4) is 0 Å². The van der Waals surface area contributed by atoms with Crippen molar-refractivity contribution in [1.82, 2.24) is 10.6 Å². The lowest BCUT2D eigenvalue weighted by Gasteiger charge is -2.22. The van der Waals surface area contributed by atoms with Crippen molar-refractivity contribution in [2.45, 2.75) is 26.0 Å². The molecular formula is C17H23FIN3O3. The van der Waals surface area contributed by atoms with E-state index in [0.717, 1.165) is 0 Å². The molecular weight excluding hydrogens is 440 g/mol. The van der Waals surface area contributed by atoms with Crippen molar-refractivity contribution in [2.75, 3.05) is 13.1 Å². The molecule has 0 spiro atoms. The van der Waals surface area contributed by atoms with Crippen LogP contribution in [0.2, 0.25) is 0 Å². The van der Waals surface area contributed by atoms with Crippen LogP contribution in [0.25, 0.3) is 0 Å². The van der Waals surface area contributed by atoms with Crippen molar-refractivity contribution in [1.29, 1.82) is 0 Å². The highest BCUT2D eigenvalue weighted by atomic mass is 127. The van der Waals surface area contributed by atoms with E-state index in [-0.39, 0.29) is 42.8 Å². The molecule has 1 aromatic carbocycles.